The summed E-state index contributed by atoms with van der Waals surface area (Å²) in [7, 11) is 0. The molecule has 2 aliphatic carbocycles. The van der Waals surface area contributed by atoms with Gasteiger partial charge in [0.15, 0.2) is 0 Å². The number of rotatable bonds is 6. The van der Waals surface area contributed by atoms with Crippen molar-refractivity contribution >= 4 is 44.9 Å². The van der Waals surface area contributed by atoms with Gasteiger partial charge in [-0.05, 0) is 138 Å². The van der Waals surface area contributed by atoms with Crippen molar-refractivity contribution in [2.24, 2.45) is 0 Å². The number of fused-ring (bicyclic) bond motifs is 9. The van der Waals surface area contributed by atoms with Crippen LogP contribution in [0.2, 0.25) is 0 Å². The summed E-state index contributed by atoms with van der Waals surface area (Å²) in [5.74, 6) is 0. The Bertz CT molecular complexity index is 3550. The zero-order chi connectivity index (χ0) is 45.1. The zero-order valence-electron chi connectivity index (χ0n) is 38.3. The van der Waals surface area contributed by atoms with Crippen molar-refractivity contribution < 1.29 is 0 Å². The molecule has 1 aliphatic heterocycles. The van der Waals surface area contributed by atoms with Crippen molar-refractivity contribution in [1.29, 1.82) is 0 Å². The molecule has 0 unspecified atom stereocenters. The summed E-state index contributed by atoms with van der Waals surface area (Å²) in [5, 5.41) is 2.45. The average Bonchev–Trinajstić information content (AvgIpc) is 3.80. The molecule has 0 atom stereocenters. The highest BCUT2D eigenvalue weighted by Crippen LogP contribution is 2.59. The van der Waals surface area contributed by atoms with E-state index in [1.54, 1.807) is 0 Å². The molecule has 0 saturated carbocycles. The molecule has 3 aliphatic rings. The highest BCUT2D eigenvalue weighted by Gasteiger charge is 2.47. The van der Waals surface area contributed by atoms with Crippen LogP contribution in [0.25, 0.3) is 33.0 Å². The minimum atomic E-state index is -0.507. The summed E-state index contributed by atoms with van der Waals surface area (Å²) in [4.78, 5) is 4.97. The molecule has 0 spiro atoms. The number of benzene rings is 10. The summed E-state index contributed by atoms with van der Waals surface area (Å²) >= 11 is 0. The monoisotopic (exact) mass is 858 g/mol. The van der Waals surface area contributed by atoms with E-state index in [2.05, 4.69) is 268 Å². The molecule has 0 radical (unpaired) electrons. The van der Waals surface area contributed by atoms with E-state index in [0.717, 1.165) is 22.7 Å². The Hall–Kier alpha value is -7.94. The van der Waals surface area contributed by atoms with Crippen molar-refractivity contribution in [2.45, 2.75) is 43.9 Å². The predicted molar refractivity (Wildman–Crippen MR) is 280 cm³/mol. The number of anilines is 6. The number of para-hydroxylation sites is 1. The molecule has 320 valence electrons. The van der Waals surface area contributed by atoms with Crippen molar-refractivity contribution in [3.8, 4) is 22.3 Å². The van der Waals surface area contributed by atoms with Crippen LogP contribution in [-0.2, 0) is 16.2 Å². The van der Waals surface area contributed by atoms with E-state index in [1.165, 1.54) is 88.9 Å². The number of nitrogens with zero attached hydrogens (tertiary/aromatic N) is 2. The fraction of sp³-hybridized carbons (Fsp3) is 0.108. The van der Waals surface area contributed by atoms with Crippen LogP contribution in [0, 0.1) is 0 Å². The molecule has 2 heteroatoms. The normalized spacial score (nSPS) is 15.2. The first-order chi connectivity index (χ1) is 32.7. The van der Waals surface area contributed by atoms with Crippen molar-refractivity contribution in [2.75, 3.05) is 9.80 Å². The first-order valence-electron chi connectivity index (χ1n) is 23.7. The molecule has 0 fully saturated rings. The molecule has 0 amide bonds. The Kier molecular flexibility index (Phi) is 8.55. The molecule has 1 heterocycles. The van der Waals surface area contributed by atoms with E-state index in [-0.39, 0.29) is 5.41 Å². The number of hydrogen-bond acceptors (Lipinski definition) is 2. The quantitative estimate of drug-likeness (QED) is 0.164. The minimum absolute atomic E-state index is 0.135. The van der Waals surface area contributed by atoms with Crippen LogP contribution in [0.1, 0.15) is 72.2 Å². The second kappa shape index (κ2) is 14.5. The summed E-state index contributed by atoms with van der Waals surface area (Å²) in [6.07, 6.45) is 0. The molecule has 13 rings (SSSR count). The maximum absolute atomic E-state index is 2.55. The first kappa shape index (κ1) is 39.4. The van der Waals surface area contributed by atoms with Gasteiger partial charge >= 0.3 is 0 Å². The maximum atomic E-state index is 2.55. The third-order valence-corrected chi connectivity index (χ3v) is 15.5. The minimum Gasteiger partial charge on any atom is -0.310 e. The molecule has 2 nitrogen and oxygen atoms in total. The van der Waals surface area contributed by atoms with Gasteiger partial charge in [-0.15, -0.1) is 0 Å². The van der Waals surface area contributed by atoms with Gasteiger partial charge in [-0.2, -0.15) is 0 Å². The maximum Gasteiger partial charge on any atom is 0.0713 e. The highest BCUT2D eigenvalue weighted by molar-refractivity contribution is 5.94. The van der Waals surface area contributed by atoms with Crippen LogP contribution in [0.15, 0.2) is 231 Å². The molecular formula is C65H50N2. The zero-order valence-corrected chi connectivity index (χ0v) is 38.3. The Morgan fingerprint density at radius 3 is 1.46 bits per heavy atom. The second-order valence-corrected chi connectivity index (χ2v) is 19.7. The lowest BCUT2D eigenvalue weighted by Gasteiger charge is -2.44. The van der Waals surface area contributed by atoms with E-state index < -0.39 is 10.8 Å². The van der Waals surface area contributed by atoms with Gasteiger partial charge in [0, 0.05) is 33.6 Å². The van der Waals surface area contributed by atoms with Crippen LogP contribution < -0.4 is 9.80 Å². The molecule has 10 aromatic rings. The van der Waals surface area contributed by atoms with E-state index in [1.807, 2.05) is 0 Å². The van der Waals surface area contributed by atoms with E-state index in [4.69, 9.17) is 0 Å². The summed E-state index contributed by atoms with van der Waals surface area (Å²) < 4.78 is 0. The van der Waals surface area contributed by atoms with Gasteiger partial charge in [-0.1, -0.05) is 198 Å². The third kappa shape index (κ3) is 5.63. The van der Waals surface area contributed by atoms with Gasteiger partial charge in [0.05, 0.1) is 16.8 Å². The van der Waals surface area contributed by atoms with Crippen molar-refractivity contribution in [3.05, 3.63) is 275 Å². The van der Waals surface area contributed by atoms with Crippen LogP contribution in [-0.4, -0.2) is 0 Å². The Balaban J connectivity index is 1.04. The average molecular weight is 859 g/mol. The van der Waals surface area contributed by atoms with Gasteiger partial charge < -0.3 is 9.80 Å². The topological polar surface area (TPSA) is 6.48 Å². The van der Waals surface area contributed by atoms with Gasteiger partial charge in [-0.25, -0.2) is 0 Å². The molecule has 10 aromatic carbocycles. The first-order valence-corrected chi connectivity index (χ1v) is 23.7. The Labute approximate surface area is 394 Å². The lowest BCUT2D eigenvalue weighted by Crippen LogP contribution is -2.33. The van der Waals surface area contributed by atoms with Crippen LogP contribution >= 0.6 is 0 Å². The molecule has 0 aromatic heterocycles. The molecule has 0 saturated heterocycles. The van der Waals surface area contributed by atoms with E-state index >= 15 is 0 Å². The fourth-order valence-corrected chi connectivity index (χ4v) is 12.3. The standard InChI is InChI=1S/C65H50N2/c1-63(2)55-28-16-13-25-51(55)54-36-34-49(41-58(54)63)66(48-33-31-43-19-11-12-20-44(43)39-48)50-35-38-62-60(42-50)64(3,4)59-40-46(32-37-61(59)67(62)47-23-9-6-10-24-47)65(45-21-7-5-8-22-45)56-29-17-14-26-52(56)53-27-15-18-30-57(53)65/h5-42H,1-4H3. The van der Waals surface area contributed by atoms with Crippen molar-refractivity contribution in [3.63, 3.8) is 0 Å². The Morgan fingerprint density at radius 1 is 0.313 bits per heavy atom. The van der Waals surface area contributed by atoms with Gasteiger partial charge in [-0.3, -0.25) is 0 Å². The van der Waals surface area contributed by atoms with Gasteiger partial charge in [0.2, 0.25) is 0 Å². The highest BCUT2D eigenvalue weighted by atomic mass is 15.2. The van der Waals surface area contributed by atoms with Gasteiger partial charge in [0.25, 0.3) is 0 Å². The van der Waals surface area contributed by atoms with E-state index in [9.17, 15) is 0 Å². The lowest BCUT2D eigenvalue weighted by atomic mass is 9.65. The smallest absolute Gasteiger partial charge is 0.0713 e. The lowest BCUT2D eigenvalue weighted by molar-refractivity contribution is 0.627. The second-order valence-electron chi connectivity index (χ2n) is 19.7. The van der Waals surface area contributed by atoms with E-state index in [0.29, 0.717) is 0 Å². The summed E-state index contributed by atoms with van der Waals surface area (Å²) in [5.41, 5.74) is 21.7. The van der Waals surface area contributed by atoms with Crippen LogP contribution in [0.4, 0.5) is 34.1 Å². The molecule has 67 heavy (non-hydrogen) atoms. The summed E-state index contributed by atoms with van der Waals surface area (Å²) in [6, 6.07) is 86.4. The largest absolute Gasteiger partial charge is 0.310 e. The molecule has 0 N–H and O–H groups in total. The SMILES string of the molecule is CC1(C)c2ccccc2-c2ccc(N(c3ccc4c(c3)C(C)(C)c3cc(C5(c6ccccc6)c6ccccc6-c6ccccc65)ccc3N4c3ccccc3)c3ccc4ccccc4c3)cc21. The van der Waals surface area contributed by atoms with Crippen LogP contribution in [0.5, 0.6) is 0 Å². The summed E-state index contributed by atoms with van der Waals surface area (Å²) in [6.45, 7) is 9.61. The number of hydrogen-bond donors (Lipinski definition) is 0. The third-order valence-electron chi connectivity index (χ3n) is 15.5. The predicted octanol–water partition coefficient (Wildman–Crippen LogP) is 17.1. The Morgan fingerprint density at radius 2 is 0.776 bits per heavy atom. The fourth-order valence-electron chi connectivity index (χ4n) is 12.3. The molecular weight excluding hydrogens is 809 g/mol. The van der Waals surface area contributed by atoms with Crippen LogP contribution in [0.3, 0.4) is 0 Å². The molecule has 0 bridgehead atoms. The van der Waals surface area contributed by atoms with Crippen molar-refractivity contribution in [1.82, 2.24) is 0 Å². The van der Waals surface area contributed by atoms with Gasteiger partial charge in [0.1, 0.15) is 0 Å².